The summed E-state index contributed by atoms with van der Waals surface area (Å²) in [5.41, 5.74) is 8.85. The van der Waals surface area contributed by atoms with Gasteiger partial charge in [-0.25, -0.2) is 4.79 Å². The summed E-state index contributed by atoms with van der Waals surface area (Å²) < 4.78 is 5.02. The van der Waals surface area contributed by atoms with Crippen molar-refractivity contribution in [3.05, 3.63) is 35.0 Å². The molecule has 1 atom stereocenters. The first-order valence-electron chi connectivity index (χ1n) is 4.70. The van der Waals surface area contributed by atoms with Gasteiger partial charge in [0, 0.05) is 11.1 Å². The maximum Gasteiger partial charge on any atom is 0.414 e. The Morgan fingerprint density at radius 3 is 3.31 bits per heavy atom. The number of azide groups is 1. The number of anilines is 1. The second-order valence-electron chi connectivity index (χ2n) is 3.24. The average molecular weight is 219 g/mol. The molecule has 0 N–H and O–H groups in total. The number of aromatic nitrogens is 1. The van der Waals surface area contributed by atoms with Crippen LogP contribution in [0.5, 0.6) is 0 Å². The Kier molecular flexibility index (Phi) is 2.88. The van der Waals surface area contributed by atoms with E-state index in [1.54, 1.807) is 24.5 Å². The minimum atomic E-state index is -0.439. The summed E-state index contributed by atoms with van der Waals surface area (Å²) in [6, 6.07) is 3.51. The van der Waals surface area contributed by atoms with Gasteiger partial charge in [-0.1, -0.05) is 5.11 Å². The van der Waals surface area contributed by atoms with E-state index in [2.05, 4.69) is 15.0 Å². The highest BCUT2D eigenvalue weighted by molar-refractivity contribution is 5.89. The summed E-state index contributed by atoms with van der Waals surface area (Å²) in [6.07, 6.45) is 2.38. The first-order valence-corrected chi connectivity index (χ1v) is 4.70. The zero-order chi connectivity index (χ0) is 11.4. The van der Waals surface area contributed by atoms with Crippen molar-refractivity contribution in [2.24, 2.45) is 5.11 Å². The molecule has 1 aromatic heterocycles. The topological polar surface area (TPSA) is 91.2 Å². The summed E-state index contributed by atoms with van der Waals surface area (Å²) in [6.45, 7) is 0.530. The van der Waals surface area contributed by atoms with Crippen LogP contribution >= 0.6 is 0 Å². The van der Waals surface area contributed by atoms with Crippen molar-refractivity contribution in [3.63, 3.8) is 0 Å². The fourth-order valence-electron chi connectivity index (χ4n) is 1.47. The number of hydrogen-bond acceptors (Lipinski definition) is 4. The molecule has 0 aliphatic carbocycles. The third kappa shape index (κ3) is 2.04. The van der Waals surface area contributed by atoms with Gasteiger partial charge in [-0.15, -0.1) is 0 Å². The fourth-order valence-corrected chi connectivity index (χ4v) is 1.47. The van der Waals surface area contributed by atoms with Crippen LogP contribution < -0.4 is 4.90 Å². The maximum atomic E-state index is 11.5. The molecule has 1 amide bonds. The first-order chi connectivity index (χ1) is 7.81. The van der Waals surface area contributed by atoms with Gasteiger partial charge in [0.1, 0.15) is 6.10 Å². The number of pyridine rings is 1. The van der Waals surface area contributed by atoms with Crippen LogP contribution in [0.3, 0.4) is 0 Å². The Morgan fingerprint density at radius 2 is 2.62 bits per heavy atom. The Bertz CT molecular complexity index is 429. The number of ether oxygens (including phenoxy) is 1. The summed E-state index contributed by atoms with van der Waals surface area (Å²) >= 11 is 0. The highest BCUT2D eigenvalue weighted by atomic mass is 16.6. The van der Waals surface area contributed by atoms with E-state index in [0.29, 0.717) is 12.2 Å². The maximum absolute atomic E-state index is 11.5. The van der Waals surface area contributed by atoms with E-state index in [4.69, 9.17) is 10.3 Å². The van der Waals surface area contributed by atoms with Gasteiger partial charge in [-0.05, 0) is 17.7 Å². The molecule has 2 rings (SSSR count). The van der Waals surface area contributed by atoms with E-state index >= 15 is 0 Å². The number of carbonyl (C=O) groups is 1. The van der Waals surface area contributed by atoms with Gasteiger partial charge >= 0.3 is 6.09 Å². The van der Waals surface area contributed by atoms with Crippen molar-refractivity contribution < 1.29 is 9.53 Å². The fraction of sp³-hybridized carbons (Fsp3) is 0.333. The number of nitrogens with zero attached hydrogens (tertiary/aromatic N) is 5. The Morgan fingerprint density at radius 1 is 1.75 bits per heavy atom. The van der Waals surface area contributed by atoms with Crippen LogP contribution in [-0.4, -0.2) is 30.3 Å². The lowest BCUT2D eigenvalue weighted by Crippen LogP contribution is -2.25. The predicted octanol–water partition coefficient (Wildman–Crippen LogP) is 1.72. The predicted molar refractivity (Wildman–Crippen MR) is 55.9 cm³/mol. The number of carbonyl (C=O) groups excluding carboxylic acids is 1. The molecule has 0 spiro atoms. The van der Waals surface area contributed by atoms with Gasteiger partial charge in [0.05, 0.1) is 25.0 Å². The van der Waals surface area contributed by atoms with E-state index in [-0.39, 0.29) is 12.6 Å². The van der Waals surface area contributed by atoms with Crippen LogP contribution in [0.1, 0.15) is 0 Å². The molecule has 1 fully saturated rings. The standard InChI is InChI=1S/C9H9N5O2/c10-13-12-5-8-6-14(9(15)16-8)7-2-1-3-11-4-7/h1-4,8H,5-6H2. The van der Waals surface area contributed by atoms with Crippen molar-refractivity contribution >= 4 is 11.8 Å². The molecule has 0 aromatic carbocycles. The van der Waals surface area contributed by atoms with Crippen LogP contribution in [0.25, 0.3) is 10.4 Å². The van der Waals surface area contributed by atoms with Crippen LogP contribution in [0.4, 0.5) is 10.5 Å². The molecule has 0 saturated carbocycles. The molecule has 82 valence electrons. The molecule has 16 heavy (non-hydrogen) atoms. The van der Waals surface area contributed by atoms with E-state index < -0.39 is 6.09 Å². The highest BCUT2D eigenvalue weighted by Gasteiger charge is 2.31. The van der Waals surface area contributed by atoms with E-state index in [1.165, 1.54) is 4.90 Å². The minimum absolute atomic E-state index is 0.152. The van der Waals surface area contributed by atoms with Crippen LogP contribution in [-0.2, 0) is 4.74 Å². The molecule has 1 aliphatic rings. The van der Waals surface area contributed by atoms with Crippen LogP contribution in [0, 0.1) is 0 Å². The molecule has 1 aliphatic heterocycles. The van der Waals surface area contributed by atoms with Crippen molar-refractivity contribution in [1.82, 2.24) is 4.98 Å². The van der Waals surface area contributed by atoms with Gasteiger partial charge in [-0.3, -0.25) is 9.88 Å². The lowest BCUT2D eigenvalue weighted by atomic mass is 10.3. The second-order valence-corrected chi connectivity index (χ2v) is 3.24. The smallest absolute Gasteiger partial charge is 0.414 e. The quantitative estimate of drug-likeness (QED) is 0.440. The molecule has 0 bridgehead atoms. The molecule has 1 saturated heterocycles. The van der Waals surface area contributed by atoms with Gasteiger partial charge in [0.15, 0.2) is 0 Å². The molecular formula is C9H9N5O2. The molecule has 1 unspecified atom stereocenters. The van der Waals surface area contributed by atoms with Crippen molar-refractivity contribution in [2.45, 2.75) is 6.10 Å². The Hall–Kier alpha value is -2.27. The van der Waals surface area contributed by atoms with Gasteiger partial charge < -0.3 is 4.74 Å². The third-order valence-corrected chi connectivity index (χ3v) is 2.18. The SMILES string of the molecule is [N-]=[N+]=NCC1CN(c2cccnc2)C(=O)O1. The van der Waals surface area contributed by atoms with Crippen molar-refractivity contribution in [3.8, 4) is 0 Å². The Labute approximate surface area is 91.3 Å². The summed E-state index contributed by atoms with van der Waals surface area (Å²) in [7, 11) is 0. The summed E-state index contributed by atoms with van der Waals surface area (Å²) in [5, 5.41) is 3.38. The summed E-state index contributed by atoms with van der Waals surface area (Å²) in [4.78, 5) is 19.5. The van der Waals surface area contributed by atoms with E-state index in [1.807, 2.05) is 0 Å². The van der Waals surface area contributed by atoms with Crippen molar-refractivity contribution in [1.29, 1.82) is 0 Å². The largest absolute Gasteiger partial charge is 0.444 e. The lowest BCUT2D eigenvalue weighted by molar-refractivity contribution is 0.145. The lowest BCUT2D eigenvalue weighted by Gasteiger charge is -2.11. The zero-order valence-corrected chi connectivity index (χ0v) is 8.35. The van der Waals surface area contributed by atoms with E-state index in [0.717, 1.165) is 0 Å². The van der Waals surface area contributed by atoms with Crippen molar-refractivity contribution in [2.75, 3.05) is 18.0 Å². The highest BCUT2D eigenvalue weighted by Crippen LogP contribution is 2.20. The van der Waals surface area contributed by atoms with Gasteiger partial charge in [0.2, 0.25) is 0 Å². The van der Waals surface area contributed by atoms with Gasteiger partial charge in [0.25, 0.3) is 0 Å². The molecule has 0 radical (unpaired) electrons. The molecule has 2 heterocycles. The molecule has 7 heteroatoms. The zero-order valence-electron chi connectivity index (χ0n) is 8.35. The molecule has 7 nitrogen and oxygen atoms in total. The first kappa shape index (κ1) is 10.3. The van der Waals surface area contributed by atoms with Gasteiger partial charge in [-0.2, -0.15) is 0 Å². The normalized spacial score (nSPS) is 19.1. The molecular weight excluding hydrogens is 210 g/mol. The van der Waals surface area contributed by atoms with Crippen LogP contribution in [0.2, 0.25) is 0 Å². The Balaban J connectivity index is 2.08. The summed E-state index contributed by atoms with van der Waals surface area (Å²) in [5.74, 6) is 0. The minimum Gasteiger partial charge on any atom is -0.444 e. The van der Waals surface area contributed by atoms with Crippen LogP contribution in [0.15, 0.2) is 29.6 Å². The number of hydrogen-bond donors (Lipinski definition) is 0. The second kappa shape index (κ2) is 4.50. The monoisotopic (exact) mass is 219 g/mol. The third-order valence-electron chi connectivity index (χ3n) is 2.18. The average Bonchev–Trinajstić information content (AvgIpc) is 2.69. The number of rotatable bonds is 3. The van der Waals surface area contributed by atoms with E-state index in [9.17, 15) is 4.79 Å². The number of amides is 1. The molecule has 1 aromatic rings. The number of cyclic esters (lactones) is 1.